The number of carbonyl (C=O) groups excluding carboxylic acids is 1. The molecule has 0 bridgehead atoms. The maximum atomic E-state index is 13.7. The van der Waals surface area contributed by atoms with E-state index in [1.165, 1.54) is 28.1 Å². The zero-order chi connectivity index (χ0) is 23.1. The highest BCUT2D eigenvalue weighted by Crippen LogP contribution is 2.34. The number of fused-ring (bicyclic) bond motifs is 3. The number of nitrogens with zero attached hydrogens (tertiary/aromatic N) is 4. The first-order valence-corrected chi connectivity index (χ1v) is 10.9. The van der Waals surface area contributed by atoms with Gasteiger partial charge in [0, 0.05) is 16.6 Å². The minimum absolute atomic E-state index is 0.311. The smallest absolute Gasteiger partial charge is 0.352 e. The molecule has 1 N–H and O–H groups in total. The van der Waals surface area contributed by atoms with Crippen LogP contribution < -0.4 is 15.7 Å². The summed E-state index contributed by atoms with van der Waals surface area (Å²) in [6.45, 7) is 1.32. The van der Waals surface area contributed by atoms with E-state index in [4.69, 9.17) is 4.74 Å². The van der Waals surface area contributed by atoms with Crippen LogP contribution >= 0.6 is 11.3 Å². The fourth-order valence-electron chi connectivity index (χ4n) is 3.52. The van der Waals surface area contributed by atoms with Crippen molar-refractivity contribution in [2.75, 3.05) is 12.4 Å². The van der Waals surface area contributed by atoms with Crippen LogP contribution in [0.1, 0.15) is 5.56 Å². The number of aryl methyl sites for hydroxylation is 1. The Morgan fingerprint density at radius 2 is 2.00 bits per heavy atom. The molecule has 0 fully saturated rings. The topological polar surface area (TPSA) is 90.5 Å². The molecule has 10 heteroatoms. The first-order chi connectivity index (χ1) is 15.9. The van der Waals surface area contributed by atoms with Gasteiger partial charge in [0.1, 0.15) is 24.4 Å². The summed E-state index contributed by atoms with van der Waals surface area (Å²) >= 11 is 1.42. The summed E-state index contributed by atoms with van der Waals surface area (Å²) in [5.41, 5.74) is 3.33. The Labute approximate surface area is 190 Å². The largest absolute Gasteiger partial charge is 0.497 e. The van der Waals surface area contributed by atoms with Gasteiger partial charge in [-0.2, -0.15) is 0 Å². The van der Waals surface area contributed by atoms with Crippen LogP contribution in [-0.2, 0) is 11.3 Å². The summed E-state index contributed by atoms with van der Waals surface area (Å²) in [5, 5.41) is 8.92. The Bertz CT molecular complexity index is 1570. The second-order valence-electron chi connectivity index (χ2n) is 7.45. The average molecular weight is 463 g/mol. The van der Waals surface area contributed by atoms with Crippen LogP contribution in [0.5, 0.6) is 5.75 Å². The lowest BCUT2D eigenvalue weighted by atomic mass is 10.1. The van der Waals surface area contributed by atoms with Crippen molar-refractivity contribution in [1.82, 2.24) is 19.2 Å². The molecule has 3 aromatic heterocycles. The number of ether oxygens (including phenoxy) is 1. The standard InChI is InChI=1S/C23H18FN5O3S/c1-13-3-6-15(9-18(13)24)26-19(30)10-29-23(31)28-12-25-20-17(11-33-21(20)22(28)27-29)14-4-7-16(32-2)8-5-14/h3-9,11-12H,10H2,1-2H3,(H,26,30). The number of hydrogen-bond acceptors (Lipinski definition) is 6. The maximum absolute atomic E-state index is 13.7. The normalized spacial score (nSPS) is 11.2. The second kappa shape index (κ2) is 8.14. The van der Waals surface area contributed by atoms with E-state index in [-0.39, 0.29) is 6.54 Å². The molecular weight excluding hydrogens is 445 g/mol. The van der Waals surface area contributed by atoms with Crippen molar-refractivity contribution < 1.29 is 13.9 Å². The molecule has 3 heterocycles. The van der Waals surface area contributed by atoms with Crippen molar-refractivity contribution >= 4 is 38.8 Å². The lowest BCUT2D eigenvalue weighted by molar-refractivity contribution is -0.117. The third-order valence-corrected chi connectivity index (χ3v) is 6.26. The SMILES string of the molecule is COc1ccc(-c2csc3c2ncn2c(=O)n(CC(=O)Nc4ccc(C)c(F)c4)nc32)cc1. The molecule has 0 saturated carbocycles. The number of benzene rings is 2. The van der Waals surface area contributed by atoms with E-state index in [9.17, 15) is 14.0 Å². The van der Waals surface area contributed by atoms with E-state index in [1.807, 2.05) is 29.6 Å². The van der Waals surface area contributed by atoms with Gasteiger partial charge in [-0.1, -0.05) is 18.2 Å². The van der Waals surface area contributed by atoms with Gasteiger partial charge >= 0.3 is 5.69 Å². The lowest BCUT2D eigenvalue weighted by Crippen LogP contribution is -2.28. The number of methoxy groups -OCH3 is 1. The monoisotopic (exact) mass is 463 g/mol. The first-order valence-electron chi connectivity index (χ1n) is 10.0. The molecule has 2 aromatic carbocycles. The van der Waals surface area contributed by atoms with E-state index < -0.39 is 17.4 Å². The zero-order valence-electron chi connectivity index (χ0n) is 17.7. The molecule has 0 aliphatic rings. The summed E-state index contributed by atoms with van der Waals surface area (Å²) in [4.78, 5) is 29.7. The van der Waals surface area contributed by atoms with Crippen molar-refractivity contribution in [3.63, 3.8) is 0 Å². The average Bonchev–Trinajstić information content (AvgIpc) is 3.38. The third-order valence-electron chi connectivity index (χ3n) is 5.29. The summed E-state index contributed by atoms with van der Waals surface area (Å²) in [7, 11) is 1.61. The highest BCUT2D eigenvalue weighted by molar-refractivity contribution is 7.18. The minimum Gasteiger partial charge on any atom is -0.497 e. The summed E-state index contributed by atoms with van der Waals surface area (Å²) < 4.78 is 22.1. The fraction of sp³-hybridized carbons (Fsp3) is 0.130. The third kappa shape index (κ3) is 3.74. The van der Waals surface area contributed by atoms with Gasteiger partial charge in [-0.15, -0.1) is 16.4 Å². The second-order valence-corrected chi connectivity index (χ2v) is 8.33. The van der Waals surface area contributed by atoms with E-state index in [1.54, 1.807) is 26.2 Å². The Kier molecular flexibility index (Phi) is 5.14. The van der Waals surface area contributed by atoms with Gasteiger partial charge in [0.05, 0.1) is 17.3 Å². The van der Waals surface area contributed by atoms with Crippen LogP contribution in [0.4, 0.5) is 10.1 Å². The highest BCUT2D eigenvalue weighted by atomic mass is 32.1. The van der Waals surface area contributed by atoms with Crippen molar-refractivity contribution in [2.24, 2.45) is 0 Å². The number of rotatable bonds is 5. The molecule has 5 aromatic rings. The lowest BCUT2D eigenvalue weighted by Gasteiger charge is -2.05. The Balaban J connectivity index is 1.47. The van der Waals surface area contributed by atoms with Crippen molar-refractivity contribution in [2.45, 2.75) is 13.5 Å². The summed E-state index contributed by atoms with van der Waals surface area (Å²) in [6, 6.07) is 12.0. The Morgan fingerprint density at radius 1 is 1.21 bits per heavy atom. The van der Waals surface area contributed by atoms with Crippen molar-refractivity contribution in [3.05, 3.63) is 76.0 Å². The van der Waals surface area contributed by atoms with E-state index in [0.29, 0.717) is 16.9 Å². The van der Waals surface area contributed by atoms with Gasteiger partial charge in [-0.05, 0) is 42.3 Å². The number of amides is 1. The predicted octanol–water partition coefficient (Wildman–Crippen LogP) is 3.87. The molecule has 0 aliphatic heterocycles. The zero-order valence-corrected chi connectivity index (χ0v) is 18.5. The van der Waals surface area contributed by atoms with Crippen molar-refractivity contribution in [3.8, 4) is 16.9 Å². The van der Waals surface area contributed by atoms with E-state index in [0.717, 1.165) is 31.8 Å². The van der Waals surface area contributed by atoms with E-state index >= 15 is 0 Å². The van der Waals surface area contributed by atoms with Gasteiger partial charge in [0.25, 0.3) is 0 Å². The van der Waals surface area contributed by atoms with Gasteiger partial charge in [0.15, 0.2) is 5.65 Å². The number of carbonyl (C=O) groups is 1. The molecule has 33 heavy (non-hydrogen) atoms. The van der Waals surface area contributed by atoms with Crippen LogP contribution in [0.3, 0.4) is 0 Å². The maximum Gasteiger partial charge on any atom is 0.352 e. The summed E-state index contributed by atoms with van der Waals surface area (Å²) in [5.74, 6) is -0.153. The molecule has 5 rings (SSSR count). The Hall–Kier alpha value is -4.05. The van der Waals surface area contributed by atoms with E-state index in [2.05, 4.69) is 15.4 Å². The van der Waals surface area contributed by atoms with Crippen LogP contribution in [0.25, 0.3) is 27.0 Å². The van der Waals surface area contributed by atoms with Crippen LogP contribution in [0.15, 0.2) is 59.0 Å². The molecule has 8 nitrogen and oxygen atoms in total. The molecule has 0 unspecified atom stereocenters. The molecule has 1 amide bonds. The molecule has 0 spiro atoms. The molecule has 0 aliphatic carbocycles. The molecule has 0 radical (unpaired) electrons. The fourth-order valence-corrected chi connectivity index (χ4v) is 4.52. The van der Waals surface area contributed by atoms with Gasteiger partial charge in [-0.25, -0.2) is 23.3 Å². The van der Waals surface area contributed by atoms with Crippen LogP contribution in [0, 0.1) is 12.7 Å². The Morgan fingerprint density at radius 3 is 2.73 bits per heavy atom. The molecular formula is C23H18FN5O3S. The quantitative estimate of drug-likeness (QED) is 0.427. The number of hydrogen-bond donors (Lipinski definition) is 1. The molecule has 0 atom stereocenters. The van der Waals surface area contributed by atoms with Gasteiger partial charge in [-0.3, -0.25) is 4.79 Å². The molecule has 0 saturated heterocycles. The summed E-state index contributed by atoms with van der Waals surface area (Å²) in [6.07, 6.45) is 1.41. The predicted molar refractivity (Wildman–Crippen MR) is 124 cm³/mol. The van der Waals surface area contributed by atoms with Crippen LogP contribution in [0.2, 0.25) is 0 Å². The number of nitrogens with one attached hydrogen (secondary N) is 1. The molecule has 166 valence electrons. The number of aromatic nitrogens is 4. The number of thiophene rings is 1. The number of anilines is 1. The highest BCUT2D eigenvalue weighted by Gasteiger charge is 2.17. The van der Waals surface area contributed by atoms with Gasteiger partial charge < -0.3 is 10.1 Å². The first kappa shape index (κ1) is 20.8. The van der Waals surface area contributed by atoms with Gasteiger partial charge in [0.2, 0.25) is 5.91 Å². The number of halogens is 1. The minimum atomic E-state index is -0.488. The van der Waals surface area contributed by atoms with Crippen LogP contribution in [-0.4, -0.2) is 32.2 Å². The van der Waals surface area contributed by atoms with Crippen molar-refractivity contribution in [1.29, 1.82) is 0 Å².